The first-order valence-electron chi connectivity index (χ1n) is 10.4. The molecule has 4 rings (SSSR count). The van der Waals surface area contributed by atoms with Gasteiger partial charge in [0.15, 0.2) is 5.96 Å². The van der Waals surface area contributed by atoms with Gasteiger partial charge in [-0.15, -0.1) is 0 Å². The van der Waals surface area contributed by atoms with Crippen LogP contribution in [0, 0.1) is 0 Å². The highest BCUT2D eigenvalue weighted by molar-refractivity contribution is 6.11. The van der Waals surface area contributed by atoms with E-state index < -0.39 is 0 Å². The molecule has 0 aliphatic carbocycles. The Labute approximate surface area is 176 Å². The van der Waals surface area contributed by atoms with Crippen LogP contribution in [-0.2, 0) is 4.74 Å². The molecule has 1 aliphatic heterocycles. The summed E-state index contributed by atoms with van der Waals surface area (Å²) in [5.74, 6) is -0.192. The second-order valence-electron chi connectivity index (χ2n) is 7.99. The number of nitrogens with two attached hydrogens (primary N) is 1. The molecular formula is C23H29N5O2. The number of guanidine groups is 1. The summed E-state index contributed by atoms with van der Waals surface area (Å²) in [6.45, 7) is 2.96. The third kappa shape index (κ3) is 4.17. The fraction of sp³-hybridized carbons (Fsp3) is 0.391. The number of aromatic nitrogens is 1. The number of benzene rings is 2. The zero-order valence-electron chi connectivity index (χ0n) is 17.6. The zero-order valence-corrected chi connectivity index (χ0v) is 17.6. The van der Waals surface area contributed by atoms with E-state index in [0.29, 0.717) is 18.2 Å². The van der Waals surface area contributed by atoms with Crippen molar-refractivity contribution < 1.29 is 9.53 Å². The molecular weight excluding hydrogens is 378 g/mol. The van der Waals surface area contributed by atoms with E-state index in [1.165, 1.54) is 10.9 Å². The van der Waals surface area contributed by atoms with Gasteiger partial charge < -0.3 is 25.3 Å². The van der Waals surface area contributed by atoms with Crippen LogP contribution in [0.4, 0.5) is 0 Å². The Balaban J connectivity index is 1.69. The van der Waals surface area contributed by atoms with Gasteiger partial charge >= 0.3 is 0 Å². The largest absolute Gasteiger partial charge is 0.381 e. The van der Waals surface area contributed by atoms with Crippen molar-refractivity contribution in [3.05, 3.63) is 48.0 Å². The Morgan fingerprint density at radius 1 is 1.17 bits per heavy atom. The van der Waals surface area contributed by atoms with Gasteiger partial charge in [0, 0.05) is 54.2 Å². The lowest BCUT2D eigenvalue weighted by Crippen LogP contribution is -2.37. The van der Waals surface area contributed by atoms with E-state index >= 15 is 0 Å². The van der Waals surface area contributed by atoms with E-state index in [2.05, 4.69) is 39.1 Å². The van der Waals surface area contributed by atoms with Crippen molar-refractivity contribution in [1.29, 1.82) is 0 Å². The fourth-order valence-corrected chi connectivity index (χ4v) is 4.09. The first kappa shape index (κ1) is 20.4. The average Bonchev–Trinajstić information content (AvgIpc) is 3.07. The van der Waals surface area contributed by atoms with Gasteiger partial charge in [-0.25, -0.2) is 0 Å². The van der Waals surface area contributed by atoms with Crippen molar-refractivity contribution in [3.63, 3.8) is 0 Å². The third-order valence-corrected chi connectivity index (χ3v) is 5.60. The Bertz CT molecular complexity index is 1080. The molecule has 0 saturated carbocycles. The third-order valence-electron chi connectivity index (χ3n) is 5.60. The normalized spacial score (nSPS) is 15.9. The van der Waals surface area contributed by atoms with Crippen LogP contribution >= 0.6 is 0 Å². The number of nitrogens with one attached hydrogen (secondary N) is 1. The Morgan fingerprint density at radius 3 is 2.67 bits per heavy atom. The van der Waals surface area contributed by atoms with Crippen molar-refractivity contribution in [2.45, 2.75) is 18.9 Å². The first-order chi connectivity index (χ1) is 14.5. The molecule has 2 heterocycles. The molecule has 2 aromatic carbocycles. The number of rotatable bonds is 5. The van der Waals surface area contributed by atoms with E-state index in [1.54, 1.807) is 0 Å². The minimum atomic E-state index is -0.337. The standard InChI is InChI=1S/C23H29N5O2/c1-27(2)12-11-25-23(24)26-22(29)16-7-8-19-18-5-3-4-6-20(18)28(21(19)15-16)17-9-13-30-14-10-17/h3-8,15,17H,9-14H2,1-2H3,(H3,24,25,26,29). The number of hydrogen-bond acceptors (Lipinski definition) is 3. The molecule has 3 aromatic rings. The van der Waals surface area contributed by atoms with E-state index in [-0.39, 0.29) is 11.9 Å². The summed E-state index contributed by atoms with van der Waals surface area (Å²) in [6.07, 6.45) is 1.93. The molecule has 0 radical (unpaired) electrons. The van der Waals surface area contributed by atoms with E-state index in [0.717, 1.165) is 43.5 Å². The van der Waals surface area contributed by atoms with Gasteiger partial charge in [-0.05, 0) is 45.1 Å². The fourth-order valence-electron chi connectivity index (χ4n) is 4.09. The molecule has 1 saturated heterocycles. The second-order valence-corrected chi connectivity index (χ2v) is 7.99. The summed E-state index contributed by atoms with van der Waals surface area (Å²) in [7, 11) is 3.96. The van der Waals surface area contributed by atoms with E-state index in [1.807, 2.05) is 37.2 Å². The molecule has 7 heteroatoms. The van der Waals surface area contributed by atoms with Crippen LogP contribution in [0.3, 0.4) is 0 Å². The number of para-hydroxylation sites is 1. The predicted molar refractivity (Wildman–Crippen MR) is 121 cm³/mol. The van der Waals surface area contributed by atoms with Crippen molar-refractivity contribution in [1.82, 2.24) is 14.8 Å². The van der Waals surface area contributed by atoms with Crippen LogP contribution in [0.2, 0.25) is 0 Å². The summed E-state index contributed by atoms with van der Waals surface area (Å²) in [5.41, 5.74) is 8.69. The van der Waals surface area contributed by atoms with Crippen LogP contribution in [0.25, 0.3) is 21.8 Å². The Hall–Kier alpha value is -2.90. The maximum atomic E-state index is 12.8. The highest BCUT2D eigenvalue weighted by atomic mass is 16.5. The molecule has 0 bridgehead atoms. The highest BCUT2D eigenvalue weighted by Gasteiger charge is 2.21. The molecule has 0 unspecified atom stereocenters. The number of carbonyl (C=O) groups is 1. The van der Waals surface area contributed by atoms with Crippen molar-refractivity contribution in [2.24, 2.45) is 10.7 Å². The number of amides is 1. The zero-order chi connectivity index (χ0) is 21.1. The van der Waals surface area contributed by atoms with Gasteiger partial charge in [-0.2, -0.15) is 4.99 Å². The topological polar surface area (TPSA) is 84.9 Å². The van der Waals surface area contributed by atoms with Crippen LogP contribution in [0.15, 0.2) is 47.5 Å². The maximum Gasteiger partial charge on any atom is 0.280 e. The highest BCUT2D eigenvalue weighted by Crippen LogP contribution is 2.35. The van der Waals surface area contributed by atoms with Crippen LogP contribution in [0.5, 0.6) is 0 Å². The van der Waals surface area contributed by atoms with Gasteiger partial charge in [0.2, 0.25) is 0 Å². The maximum absolute atomic E-state index is 12.8. The van der Waals surface area contributed by atoms with Crippen molar-refractivity contribution in [2.75, 3.05) is 40.4 Å². The number of hydrogen-bond donors (Lipinski definition) is 2. The second kappa shape index (κ2) is 8.85. The molecule has 30 heavy (non-hydrogen) atoms. The number of nitrogens with zero attached hydrogens (tertiary/aromatic N) is 3. The lowest BCUT2D eigenvalue weighted by Gasteiger charge is -2.25. The predicted octanol–water partition coefficient (Wildman–Crippen LogP) is 2.75. The molecule has 1 aromatic heterocycles. The van der Waals surface area contributed by atoms with Crippen LogP contribution in [0.1, 0.15) is 29.2 Å². The monoisotopic (exact) mass is 407 g/mol. The van der Waals surface area contributed by atoms with Crippen LogP contribution < -0.4 is 11.1 Å². The lowest BCUT2D eigenvalue weighted by molar-refractivity contribution is 0.0717. The number of likely N-dealkylation sites (N-methyl/N-ethyl adjacent to an activating group) is 1. The SMILES string of the molecule is CN(C)CCN/C(N)=N\C(=O)c1ccc2c3ccccc3n(C3CCOCC3)c2c1. The molecule has 158 valence electrons. The van der Waals surface area contributed by atoms with E-state index in [4.69, 9.17) is 10.5 Å². The quantitative estimate of drug-likeness (QED) is 0.502. The van der Waals surface area contributed by atoms with Crippen molar-refractivity contribution >= 4 is 33.7 Å². The van der Waals surface area contributed by atoms with E-state index in [9.17, 15) is 4.79 Å². The van der Waals surface area contributed by atoms with Crippen LogP contribution in [-0.4, -0.2) is 61.7 Å². The summed E-state index contributed by atoms with van der Waals surface area (Å²) < 4.78 is 7.93. The number of fused-ring (bicyclic) bond motifs is 3. The molecule has 1 fully saturated rings. The summed E-state index contributed by atoms with van der Waals surface area (Å²) in [5, 5.41) is 5.33. The molecule has 0 atom stereocenters. The molecule has 0 spiro atoms. The summed E-state index contributed by atoms with van der Waals surface area (Å²) >= 11 is 0. The summed E-state index contributed by atoms with van der Waals surface area (Å²) in [4.78, 5) is 18.8. The Morgan fingerprint density at radius 2 is 1.90 bits per heavy atom. The molecule has 1 aliphatic rings. The minimum absolute atomic E-state index is 0.145. The van der Waals surface area contributed by atoms with Gasteiger partial charge in [0.05, 0.1) is 5.52 Å². The minimum Gasteiger partial charge on any atom is -0.381 e. The molecule has 7 nitrogen and oxygen atoms in total. The van der Waals surface area contributed by atoms with Gasteiger partial charge in [0.25, 0.3) is 5.91 Å². The van der Waals surface area contributed by atoms with Crippen molar-refractivity contribution in [3.8, 4) is 0 Å². The number of carbonyl (C=O) groups excluding carboxylic acids is 1. The molecule has 1 amide bonds. The van der Waals surface area contributed by atoms with Gasteiger partial charge in [-0.1, -0.05) is 24.3 Å². The summed E-state index contributed by atoms with van der Waals surface area (Å²) in [6, 6.07) is 14.6. The van der Waals surface area contributed by atoms with Gasteiger partial charge in [0.1, 0.15) is 0 Å². The Kier molecular flexibility index (Phi) is 6.01. The number of ether oxygens (including phenoxy) is 1. The number of aliphatic imine (C=N–C) groups is 1. The average molecular weight is 408 g/mol. The lowest BCUT2D eigenvalue weighted by atomic mass is 10.1. The smallest absolute Gasteiger partial charge is 0.280 e. The first-order valence-corrected chi connectivity index (χ1v) is 10.4. The molecule has 3 N–H and O–H groups in total. The van der Waals surface area contributed by atoms with Gasteiger partial charge in [-0.3, -0.25) is 4.79 Å².